The molecule has 39 heavy (non-hydrogen) atoms. The highest BCUT2D eigenvalue weighted by Crippen LogP contribution is 2.85. The molecule has 8 nitrogen and oxygen atoms in total. The van der Waals surface area contributed by atoms with Gasteiger partial charge < -0.3 is 34.1 Å². The lowest BCUT2D eigenvalue weighted by Crippen LogP contribution is -2.55. The van der Waals surface area contributed by atoms with Gasteiger partial charge in [-0.05, 0) is 66.0 Å². The van der Waals surface area contributed by atoms with E-state index in [4.69, 9.17) is 18.9 Å². The van der Waals surface area contributed by atoms with Gasteiger partial charge in [0.15, 0.2) is 23.0 Å². The van der Waals surface area contributed by atoms with E-state index in [1.807, 2.05) is 24.3 Å². The van der Waals surface area contributed by atoms with E-state index in [0.717, 1.165) is 30.4 Å². The molecular weight excluding hydrogens is 498 g/mol. The molecule has 1 amide bonds. The first-order valence-corrected chi connectivity index (χ1v) is 13.8. The summed E-state index contributed by atoms with van der Waals surface area (Å²) in [6.45, 7) is 5.60. The third kappa shape index (κ3) is 3.34. The molecule has 0 radical (unpaired) electrons. The Morgan fingerprint density at radius 1 is 1.00 bits per heavy atom. The third-order valence-electron chi connectivity index (χ3n) is 10.6. The Kier molecular flexibility index (Phi) is 6.08. The molecule has 2 saturated heterocycles. The summed E-state index contributed by atoms with van der Waals surface area (Å²) in [5.41, 5.74) is 1.24. The number of nitrogens with zero attached hydrogens (tertiary/aromatic N) is 1. The van der Waals surface area contributed by atoms with Crippen molar-refractivity contribution in [3.05, 3.63) is 47.5 Å². The Morgan fingerprint density at radius 2 is 1.64 bits per heavy atom. The number of methoxy groups -OCH3 is 3. The number of fused-ring (bicyclic) bond motifs is 1. The van der Waals surface area contributed by atoms with Gasteiger partial charge >= 0.3 is 0 Å². The van der Waals surface area contributed by atoms with Crippen molar-refractivity contribution < 1.29 is 34.0 Å². The maximum atomic E-state index is 14.2. The number of phenols is 2. The van der Waals surface area contributed by atoms with E-state index in [-0.39, 0.29) is 46.4 Å². The zero-order valence-corrected chi connectivity index (χ0v) is 23.4. The second kappa shape index (κ2) is 9.03. The highest BCUT2D eigenvalue weighted by Gasteiger charge is 2.83. The molecular formula is C31H39NO7. The van der Waals surface area contributed by atoms with Gasteiger partial charge in [0.05, 0.1) is 39.4 Å². The van der Waals surface area contributed by atoms with Gasteiger partial charge in [-0.2, -0.15) is 0 Å². The van der Waals surface area contributed by atoms with Crippen LogP contribution in [-0.4, -0.2) is 61.6 Å². The van der Waals surface area contributed by atoms with Gasteiger partial charge in [0.1, 0.15) is 0 Å². The summed E-state index contributed by atoms with van der Waals surface area (Å²) >= 11 is 0. The first-order valence-electron chi connectivity index (χ1n) is 13.8. The summed E-state index contributed by atoms with van der Waals surface area (Å²) in [5.74, 6) is 1.43. The summed E-state index contributed by atoms with van der Waals surface area (Å²) in [5, 5.41) is 20.8. The second-order valence-electron chi connectivity index (χ2n) is 12.3. The number of likely N-dealkylation sites (tertiary alicyclic amines) is 1. The van der Waals surface area contributed by atoms with Crippen LogP contribution in [-0.2, 0) is 14.3 Å². The molecule has 0 aromatic heterocycles. The average Bonchev–Trinajstić information content (AvgIpc) is 3.46. The van der Waals surface area contributed by atoms with Crippen molar-refractivity contribution in [1.29, 1.82) is 0 Å². The number of ether oxygens (including phenoxy) is 4. The van der Waals surface area contributed by atoms with Crippen LogP contribution in [0.3, 0.4) is 0 Å². The minimum atomic E-state index is -0.414. The van der Waals surface area contributed by atoms with E-state index in [2.05, 4.69) is 18.7 Å². The van der Waals surface area contributed by atoms with Crippen molar-refractivity contribution >= 4 is 5.91 Å². The largest absolute Gasteiger partial charge is 0.504 e. The van der Waals surface area contributed by atoms with E-state index in [0.29, 0.717) is 37.1 Å². The lowest BCUT2D eigenvalue weighted by atomic mass is 9.51. The molecule has 2 bridgehead atoms. The monoisotopic (exact) mass is 537 g/mol. The molecule has 2 N–H and O–H groups in total. The van der Waals surface area contributed by atoms with Crippen LogP contribution in [0.1, 0.15) is 62.8 Å². The topological polar surface area (TPSA) is 97.7 Å². The molecule has 1 spiro atoms. The van der Waals surface area contributed by atoms with E-state index in [1.54, 1.807) is 33.5 Å². The van der Waals surface area contributed by atoms with Gasteiger partial charge in [0.2, 0.25) is 5.91 Å². The minimum Gasteiger partial charge on any atom is -0.504 e. The van der Waals surface area contributed by atoms with Crippen LogP contribution in [0.5, 0.6) is 23.0 Å². The SMILES string of the molecule is COCCC(=O)N1[C@@H]2C(C)(C)[C@H]3C[C@@]24CCO[C@@H](c2ccc(O)c(OC)c2)[C@@]4(C3)[C@H]1c1ccc(O)c(OC)c1. The molecule has 2 aliphatic carbocycles. The van der Waals surface area contributed by atoms with Gasteiger partial charge in [-0.1, -0.05) is 26.0 Å². The van der Waals surface area contributed by atoms with Crippen LogP contribution >= 0.6 is 0 Å². The molecule has 4 aliphatic rings. The number of benzene rings is 2. The van der Waals surface area contributed by atoms with Crippen LogP contribution in [0.15, 0.2) is 36.4 Å². The van der Waals surface area contributed by atoms with Gasteiger partial charge in [-0.25, -0.2) is 0 Å². The van der Waals surface area contributed by atoms with Crippen molar-refractivity contribution in [3.63, 3.8) is 0 Å². The fraction of sp³-hybridized carbons (Fsp3) is 0.581. The maximum absolute atomic E-state index is 14.2. The van der Waals surface area contributed by atoms with Crippen LogP contribution < -0.4 is 9.47 Å². The molecule has 6 atom stereocenters. The second-order valence-corrected chi connectivity index (χ2v) is 12.3. The highest BCUT2D eigenvalue weighted by atomic mass is 16.5. The molecule has 2 aliphatic heterocycles. The number of hydrogen-bond acceptors (Lipinski definition) is 7. The van der Waals surface area contributed by atoms with Gasteiger partial charge in [0.25, 0.3) is 0 Å². The molecule has 2 heterocycles. The predicted octanol–water partition coefficient (Wildman–Crippen LogP) is 4.99. The number of carbonyl (C=O) groups is 1. The maximum Gasteiger partial charge on any atom is 0.225 e. The quantitative estimate of drug-likeness (QED) is 0.514. The van der Waals surface area contributed by atoms with Crippen molar-refractivity contribution in [2.24, 2.45) is 22.2 Å². The lowest BCUT2D eigenvalue weighted by Gasteiger charge is -2.55. The van der Waals surface area contributed by atoms with Crippen molar-refractivity contribution in [2.75, 3.05) is 34.5 Å². The van der Waals surface area contributed by atoms with E-state index >= 15 is 0 Å². The summed E-state index contributed by atoms with van der Waals surface area (Å²) in [4.78, 5) is 16.4. The standard InChI is InChI=1S/C31H39NO7/c1-29(2)20-16-30-11-13-39-27(19-7-9-22(34)24(15-19)38-5)31(30,17-20)26(18-6-8-21(33)23(14-18)37-4)32(28(29)30)25(35)10-12-36-3/h6-9,14-15,20,26-28,33-34H,10-13,16-17H2,1-5H3/t20-,26+,27-,28+,30-,31+/m0/s1. The van der Waals surface area contributed by atoms with Crippen LogP contribution in [0.25, 0.3) is 0 Å². The van der Waals surface area contributed by atoms with Gasteiger partial charge in [0, 0.05) is 30.6 Å². The minimum absolute atomic E-state index is 0.0308. The van der Waals surface area contributed by atoms with Gasteiger partial charge in [-0.3, -0.25) is 4.79 Å². The summed E-state index contributed by atoms with van der Waals surface area (Å²) in [6, 6.07) is 10.7. The lowest BCUT2D eigenvalue weighted by molar-refractivity contribution is -0.164. The summed E-state index contributed by atoms with van der Waals surface area (Å²) in [6.07, 6.45) is 2.81. The Labute approximate surface area is 229 Å². The molecule has 0 unspecified atom stereocenters. The first kappa shape index (κ1) is 26.3. The molecule has 8 heteroatoms. The van der Waals surface area contributed by atoms with E-state index in [1.165, 1.54) is 0 Å². The van der Waals surface area contributed by atoms with Crippen molar-refractivity contribution in [2.45, 2.75) is 57.7 Å². The fourth-order valence-electron chi connectivity index (χ4n) is 9.22. The Morgan fingerprint density at radius 3 is 2.28 bits per heavy atom. The molecule has 6 rings (SSSR count). The Hall–Kier alpha value is -2.97. The van der Waals surface area contributed by atoms with Crippen molar-refractivity contribution in [1.82, 2.24) is 4.90 Å². The highest BCUT2D eigenvalue weighted by molar-refractivity contribution is 5.79. The number of aromatic hydroxyl groups is 2. The summed E-state index contributed by atoms with van der Waals surface area (Å²) < 4.78 is 23.1. The zero-order valence-electron chi connectivity index (χ0n) is 23.4. The van der Waals surface area contributed by atoms with Crippen LogP contribution in [0.2, 0.25) is 0 Å². The normalized spacial score (nSPS) is 33.7. The fourth-order valence-corrected chi connectivity index (χ4v) is 9.22. The number of amides is 1. The smallest absolute Gasteiger partial charge is 0.225 e. The molecule has 2 aromatic carbocycles. The van der Waals surface area contributed by atoms with Crippen molar-refractivity contribution in [3.8, 4) is 23.0 Å². The van der Waals surface area contributed by atoms with E-state index in [9.17, 15) is 15.0 Å². The zero-order chi connectivity index (χ0) is 27.7. The molecule has 210 valence electrons. The molecule has 2 aromatic rings. The Bertz CT molecular complexity index is 1290. The average molecular weight is 538 g/mol. The first-order chi connectivity index (χ1) is 18.7. The Balaban J connectivity index is 1.61. The molecule has 2 saturated carbocycles. The van der Waals surface area contributed by atoms with E-state index < -0.39 is 5.41 Å². The number of hydrogen-bond donors (Lipinski definition) is 2. The third-order valence-corrected chi connectivity index (χ3v) is 10.6. The number of rotatable bonds is 7. The predicted molar refractivity (Wildman–Crippen MR) is 144 cm³/mol. The summed E-state index contributed by atoms with van der Waals surface area (Å²) in [7, 11) is 4.72. The van der Waals surface area contributed by atoms with Crippen LogP contribution in [0.4, 0.5) is 0 Å². The van der Waals surface area contributed by atoms with Gasteiger partial charge in [-0.15, -0.1) is 0 Å². The van der Waals surface area contributed by atoms with Crippen LogP contribution in [0, 0.1) is 22.2 Å². The molecule has 4 fully saturated rings. The number of carbonyl (C=O) groups excluding carboxylic acids is 1. The number of phenolic OH excluding ortho intramolecular Hbond substituents is 2.